The van der Waals surface area contributed by atoms with Crippen LogP contribution in [0.1, 0.15) is 40.2 Å². The molecule has 5 rings (SSSR count). The Balaban J connectivity index is 1.54. The first-order valence-electron chi connectivity index (χ1n) is 13.9. The first-order chi connectivity index (χ1) is 20.8. The van der Waals surface area contributed by atoms with Gasteiger partial charge in [-0.1, -0.05) is 54.6 Å². The van der Waals surface area contributed by atoms with Crippen molar-refractivity contribution in [3.8, 4) is 28.7 Å². The van der Waals surface area contributed by atoms with Crippen molar-refractivity contribution in [1.29, 1.82) is 0 Å². The second-order valence-electron chi connectivity index (χ2n) is 10.5. The summed E-state index contributed by atoms with van der Waals surface area (Å²) in [6.07, 6.45) is -0.423. The summed E-state index contributed by atoms with van der Waals surface area (Å²) in [5, 5.41) is 70.7. The van der Waals surface area contributed by atoms with Crippen LogP contribution in [0.5, 0.6) is 28.7 Å². The van der Waals surface area contributed by atoms with Gasteiger partial charge in [0.05, 0.1) is 31.3 Å². The number of rotatable bonds is 10. The summed E-state index contributed by atoms with van der Waals surface area (Å²) in [6, 6.07) is 24.4. The Kier molecular flexibility index (Phi) is 9.18. The third-order valence-corrected chi connectivity index (χ3v) is 7.61. The molecule has 0 fully saturated rings. The quantitative estimate of drug-likeness (QED) is 0.146. The SMILES string of the molecule is OC[C@@H](O)[C@H](c1ccc(O)cc1)[C@H]1Oc2ccc([C@H](/C=C/c3ccc(O)cc3)[C@H](O)CO)cc2O[C@@H]1c1ccc(O)cc1. The zero-order valence-corrected chi connectivity index (χ0v) is 23.1. The number of aromatic hydroxyl groups is 3. The minimum Gasteiger partial charge on any atom is -0.508 e. The maximum atomic E-state index is 11.0. The predicted molar refractivity (Wildman–Crippen MR) is 159 cm³/mol. The average Bonchev–Trinajstić information content (AvgIpc) is 3.02. The number of benzene rings is 4. The third kappa shape index (κ3) is 6.76. The fourth-order valence-electron chi connectivity index (χ4n) is 5.33. The second-order valence-corrected chi connectivity index (χ2v) is 10.5. The summed E-state index contributed by atoms with van der Waals surface area (Å²) in [6.45, 7) is -1.03. The molecule has 6 atom stereocenters. The zero-order valence-electron chi connectivity index (χ0n) is 23.1. The molecule has 9 nitrogen and oxygen atoms in total. The molecule has 1 heterocycles. The van der Waals surface area contributed by atoms with Gasteiger partial charge in [-0.05, 0) is 70.8 Å². The van der Waals surface area contributed by atoms with E-state index in [9.17, 15) is 35.7 Å². The fraction of sp³-hybridized carbons (Fsp3) is 0.235. The Morgan fingerprint density at radius 2 is 1.19 bits per heavy atom. The highest BCUT2D eigenvalue weighted by atomic mass is 16.6. The highest BCUT2D eigenvalue weighted by molar-refractivity contribution is 5.54. The van der Waals surface area contributed by atoms with Crippen LogP contribution in [0, 0.1) is 0 Å². The standard InChI is InChI=1S/C34H34O9/c35-18-28(40)27(15-3-20-1-9-24(37)10-2-20)23-8-16-30-31(17-23)43-33(22-6-13-26(39)14-7-22)34(42-30)32(29(41)19-36)21-4-11-25(38)12-5-21/h1-17,27-29,32-41H,18-19H2/b15-3+/t27-,28+,29+,32-,33+,34+/m0/s1. The number of phenols is 3. The number of aliphatic hydroxyl groups excluding tert-OH is 4. The van der Waals surface area contributed by atoms with Crippen molar-refractivity contribution >= 4 is 6.08 Å². The van der Waals surface area contributed by atoms with Crippen LogP contribution in [0.2, 0.25) is 0 Å². The van der Waals surface area contributed by atoms with Crippen LogP contribution >= 0.6 is 0 Å². The molecule has 0 radical (unpaired) electrons. The van der Waals surface area contributed by atoms with Crippen molar-refractivity contribution in [3.63, 3.8) is 0 Å². The number of hydrogen-bond acceptors (Lipinski definition) is 9. The summed E-state index contributed by atoms with van der Waals surface area (Å²) in [5.41, 5.74) is 2.70. The van der Waals surface area contributed by atoms with Gasteiger partial charge < -0.3 is 45.2 Å². The van der Waals surface area contributed by atoms with Crippen molar-refractivity contribution in [3.05, 3.63) is 119 Å². The molecule has 0 bridgehead atoms. The van der Waals surface area contributed by atoms with Crippen LogP contribution in [-0.2, 0) is 0 Å². The Morgan fingerprint density at radius 1 is 0.628 bits per heavy atom. The largest absolute Gasteiger partial charge is 0.508 e. The lowest BCUT2D eigenvalue weighted by atomic mass is 9.83. The molecule has 0 aromatic heterocycles. The number of ether oxygens (including phenoxy) is 2. The van der Waals surface area contributed by atoms with Gasteiger partial charge >= 0.3 is 0 Å². The van der Waals surface area contributed by atoms with Gasteiger partial charge in [-0.25, -0.2) is 0 Å². The van der Waals surface area contributed by atoms with E-state index in [1.165, 1.54) is 24.3 Å². The first-order valence-corrected chi connectivity index (χ1v) is 13.9. The van der Waals surface area contributed by atoms with E-state index in [2.05, 4.69) is 0 Å². The van der Waals surface area contributed by atoms with Crippen molar-refractivity contribution in [2.75, 3.05) is 13.2 Å². The maximum absolute atomic E-state index is 11.0. The molecule has 0 unspecified atom stereocenters. The molecule has 43 heavy (non-hydrogen) atoms. The van der Waals surface area contributed by atoms with E-state index in [0.717, 1.165) is 5.56 Å². The predicted octanol–water partition coefficient (Wildman–Crippen LogP) is 3.97. The third-order valence-electron chi connectivity index (χ3n) is 7.61. The molecule has 1 aliphatic rings. The monoisotopic (exact) mass is 586 g/mol. The topological polar surface area (TPSA) is 160 Å². The summed E-state index contributed by atoms with van der Waals surface area (Å²) in [4.78, 5) is 0. The maximum Gasteiger partial charge on any atom is 0.162 e. The molecule has 0 spiro atoms. The van der Waals surface area contributed by atoms with Gasteiger partial charge in [-0.2, -0.15) is 0 Å². The van der Waals surface area contributed by atoms with Crippen LogP contribution in [-0.4, -0.2) is 67.3 Å². The summed E-state index contributed by atoms with van der Waals surface area (Å²) >= 11 is 0. The molecule has 0 aliphatic carbocycles. The second kappa shape index (κ2) is 13.2. The molecular formula is C34H34O9. The zero-order chi connectivity index (χ0) is 30.5. The van der Waals surface area contributed by atoms with E-state index < -0.39 is 49.5 Å². The Hall–Kier alpha value is -4.54. The van der Waals surface area contributed by atoms with Gasteiger partial charge in [-0.15, -0.1) is 0 Å². The lowest BCUT2D eigenvalue weighted by Crippen LogP contribution is -2.43. The molecule has 1 aliphatic heterocycles. The van der Waals surface area contributed by atoms with Crippen LogP contribution in [0.4, 0.5) is 0 Å². The van der Waals surface area contributed by atoms with E-state index in [1.807, 2.05) is 0 Å². The molecule has 0 amide bonds. The van der Waals surface area contributed by atoms with Gasteiger partial charge in [0.15, 0.2) is 17.6 Å². The van der Waals surface area contributed by atoms with Gasteiger partial charge in [0.2, 0.25) is 0 Å². The molecule has 4 aromatic carbocycles. The smallest absolute Gasteiger partial charge is 0.162 e. The minimum absolute atomic E-state index is 0.0499. The number of fused-ring (bicyclic) bond motifs is 1. The summed E-state index contributed by atoms with van der Waals surface area (Å²) < 4.78 is 13.0. The number of phenolic OH excluding ortho intramolecular Hbond substituents is 3. The molecule has 7 N–H and O–H groups in total. The fourth-order valence-corrected chi connectivity index (χ4v) is 5.33. The average molecular weight is 587 g/mol. The lowest BCUT2D eigenvalue weighted by Gasteiger charge is -2.40. The lowest BCUT2D eigenvalue weighted by molar-refractivity contribution is -0.0398. The van der Waals surface area contributed by atoms with E-state index >= 15 is 0 Å². The van der Waals surface area contributed by atoms with E-state index in [-0.39, 0.29) is 17.2 Å². The molecule has 0 saturated carbocycles. The normalized spacial score (nSPS) is 19.1. The first kappa shape index (κ1) is 29.9. The number of hydrogen-bond donors (Lipinski definition) is 7. The van der Waals surface area contributed by atoms with E-state index in [1.54, 1.807) is 78.9 Å². The summed E-state index contributed by atoms with van der Waals surface area (Å²) in [5.74, 6) is -0.398. The molecule has 4 aromatic rings. The molecule has 0 saturated heterocycles. The van der Waals surface area contributed by atoms with Crippen LogP contribution in [0.25, 0.3) is 6.08 Å². The van der Waals surface area contributed by atoms with Crippen molar-refractivity contribution < 1.29 is 45.2 Å². The molecule has 9 heteroatoms. The van der Waals surface area contributed by atoms with Crippen LogP contribution in [0.3, 0.4) is 0 Å². The Bertz CT molecular complexity index is 1520. The summed E-state index contributed by atoms with van der Waals surface area (Å²) in [7, 11) is 0. The van der Waals surface area contributed by atoms with Gasteiger partial charge in [0.1, 0.15) is 23.4 Å². The minimum atomic E-state index is -1.23. The number of aliphatic hydroxyl groups is 4. The van der Waals surface area contributed by atoms with Crippen LogP contribution < -0.4 is 9.47 Å². The van der Waals surface area contributed by atoms with Gasteiger partial charge in [0, 0.05) is 5.92 Å². The molecule has 224 valence electrons. The Labute approximate surface area is 248 Å². The van der Waals surface area contributed by atoms with Crippen molar-refractivity contribution in [2.24, 2.45) is 0 Å². The highest BCUT2D eigenvalue weighted by Crippen LogP contribution is 2.46. The highest BCUT2D eigenvalue weighted by Gasteiger charge is 2.42. The van der Waals surface area contributed by atoms with Gasteiger partial charge in [0.25, 0.3) is 0 Å². The van der Waals surface area contributed by atoms with Crippen molar-refractivity contribution in [1.82, 2.24) is 0 Å². The van der Waals surface area contributed by atoms with Crippen LogP contribution in [0.15, 0.2) is 97.1 Å². The molecular weight excluding hydrogens is 552 g/mol. The van der Waals surface area contributed by atoms with E-state index in [0.29, 0.717) is 28.2 Å². The van der Waals surface area contributed by atoms with Crippen molar-refractivity contribution in [2.45, 2.75) is 36.3 Å². The Morgan fingerprint density at radius 3 is 1.79 bits per heavy atom. The van der Waals surface area contributed by atoms with E-state index in [4.69, 9.17) is 9.47 Å². The van der Waals surface area contributed by atoms with Gasteiger partial charge in [-0.3, -0.25) is 0 Å².